The van der Waals surface area contributed by atoms with E-state index in [1.807, 2.05) is 0 Å². The number of carboxylic acids is 1. The average molecular weight is 202 g/mol. The molecule has 0 radical (unpaired) electrons. The molecular formula is C7H14N4O3. The van der Waals surface area contributed by atoms with Crippen LogP contribution in [0.3, 0.4) is 0 Å². The maximum atomic E-state index is 10.5. The van der Waals surface area contributed by atoms with Crippen LogP contribution in [0.4, 0.5) is 0 Å². The first kappa shape index (κ1) is 12.4. The van der Waals surface area contributed by atoms with Crippen molar-refractivity contribution >= 4 is 18.2 Å². The van der Waals surface area contributed by atoms with E-state index in [1.54, 1.807) is 0 Å². The SMILES string of the molecule is NC(N)=NCCC[C@@](N)(C=O)C(=O)O. The van der Waals surface area contributed by atoms with E-state index in [0.29, 0.717) is 6.42 Å². The van der Waals surface area contributed by atoms with Gasteiger partial charge in [-0.15, -0.1) is 0 Å². The van der Waals surface area contributed by atoms with Crippen molar-refractivity contribution in [3.63, 3.8) is 0 Å². The monoisotopic (exact) mass is 202 g/mol. The summed E-state index contributed by atoms with van der Waals surface area (Å²) in [5.41, 5.74) is 13.5. The molecule has 0 saturated heterocycles. The Bertz CT molecular complexity index is 249. The van der Waals surface area contributed by atoms with Crippen molar-refractivity contribution in [2.45, 2.75) is 18.4 Å². The Morgan fingerprint density at radius 3 is 2.43 bits per heavy atom. The standard InChI is InChI=1S/C7H14N4O3/c8-6(9)11-3-1-2-7(10,4-12)5(13)14/h4H,1-3,10H2,(H,13,14)(H4,8,9,11)/t7-/m1/s1. The zero-order chi connectivity index (χ0) is 11.2. The highest BCUT2D eigenvalue weighted by molar-refractivity contribution is 5.96. The van der Waals surface area contributed by atoms with Gasteiger partial charge in [0.1, 0.15) is 0 Å². The molecule has 0 aromatic heterocycles. The van der Waals surface area contributed by atoms with E-state index in [0.717, 1.165) is 0 Å². The summed E-state index contributed by atoms with van der Waals surface area (Å²) in [5.74, 6) is -1.42. The molecule has 0 fully saturated rings. The van der Waals surface area contributed by atoms with Crippen molar-refractivity contribution in [3.8, 4) is 0 Å². The number of guanidine groups is 1. The molecule has 0 aromatic carbocycles. The highest BCUT2D eigenvalue weighted by atomic mass is 16.4. The van der Waals surface area contributed by atoms with E-state index in [9.17, 15) is 9.59 Å². The maximum absolute atomic E-state index is 10.5. The number of hydrogen-bond donors (Lipinski definition) is 4. The second-order valence-corrected chi connectivity index (χ2v) is 2.87. The largest absolute Gasteiger partial charge is 0.480 e. The molecule has 0 aliphatic carbocycles. The number of aliphatic carboxylic acids is 1. The molecular weight excluding hydrogens is 188 g/mol. The summed E-state index contributed by atoms with van der Waals surface area (Å²) in [6.45, 7) is 0.252. The van der Waals surface area contributed by atoms with E-state index < -0.39 is 11.5 Å². The number of carbonyl (C=O) groups is 2. The zero-order valence-corrected chi connectivity index (χ0v) is 7.64. The van der Waals surface area contributed by atoms with Crippen LogP contribution in [-0.2, 0) is 9.59 Å². The fourth-order valence-electron chi connectivity index (χ4n) is 0.796. The van der Waals surface area contributed by atoms with Gasteiger partial charge in [-0.25, -0.2) is 4.79 Å². The van der Waals surface area contributed by atoms with Crippen LogP contribution in [0.2, 0.25) is 0 Å². The van der Waals surface area contributed by atoms with Crippen molar-refractivity contribution in [1.82, 2.24) is 0 Å². The molecule has 0 aromatic rings. The van der Waals surface area contributed by atoms with Crippen molar-refractivity contribution in [1.29, 1.82) is 0 Å². The Labute approximate surface area is 81.0 Å². The second kappa shape index (κ2) is 5.18. The number of nitrogens with zero attached hydrogens (tertiary/aromatic N) is 1. The van der Waals surface area contributed by atoms with Crippen LogP contribution in [0.25, 0.3) is 0 Å². The van der Waals surface area contributed by atoms with Crippen molar-refractivity contribution in [3.05, 3.63) is 0 Å². The minimum Gasteiger partial charge on any atom is -0.480 e. The lowest BCUT2D eigenvalue weighted by Crippen LogP contribution is -2.49. The Morgan fingerprint density at radius 2 is 2.07 bits per heavy atom. The van der Waals surface area contributed by atoms with E-state index in [-0.39, 0.29) is 25.2 Å². The van der Waals surface area contributed by atoms with Crippen molar-refractivity contribution < 1.29 is 14.7 Å². The van der Waals surface area contributed by atoms with Crippen LogP contribution >= 0.6 is 0 Å². The molecule has 7 N–H and O–H groups in total. The highest BCUT2D eigenvalue weighted by Crippen LogP contribution is 2.06. The fraction of sp³-hybridized carbons (Fsp3) is 0.571. The molecule has 80 valence electrons. The summed E-state index contributed by atoms with van der Waals surface area (Å²) < 4.78 is 0. The number of rotatable bonds is 6. The molecule has 0 amide bonds. The van der Waals surface area contributed by atoms with Crippen LogP contribution in [-0.4, -0.2) is 35.4 Å². The summed E-state index contributed by atoms with van der Waals surface area (Å²) in [4.78, 5) is 24.6. The predicted molar refractivity (Wildman–Crippen MR) is 50.5 cm³/mol. The summed E-state index contributed by atoms with van der Waals surface area (Å²) in [5, 5.41) is 8.60. The Morgan fingerprint density at radius 1 is 1.50 bits per heavy atom. The molecule has 14 heavy (non-hydrogen) atoms. The molecule has 0 saturated carbocycles. The molecule has 0 heterocycles. The molecule has 7 nitrogen and oxygen atoms in total. The van der Waals surface area contributed by atoms with Gasteiger partial charge in [-0.2, -0.15) is 0 Å². The van der Waals surface area contributed by atoms with E-state index in [2.05, 4.69) is 4.99 Å². The number of aldehydes is 1. The molecule has 7 heteroatoms. The average Bonchev–Trinajstić information content (AvgIpc) is 2.11. The van der Waals surface area contributed by atoms with Gasteiger partial charge in [-0.3, -0.25) is 4.99 Å². The third-order valence-electron chi connectivity index (χ3n) is 1.65. The first-order valence-electron chi connectivity index (χ1n) is 3.96. The molecule has 0 aliphatic rings. The number of carboxylic acid groups (broad SMARTS) is 1. The van der Waals surface area contributed by atoms with Gasteiger partial charge < -0.3 is 27.1 Å². The van der Waals surface area contributed by atoms with Gasteiger partial charge in [0.05, 0.1) is 0 Å². The second-order valence-electron chi connectivity index (χ2n) is 2.87. The van der Waals surface area contributed by atoms with Gasteiger partial charge in [-0.05, 0) is 12.8 Å². The minimum atomic E-state index is -1.83. The third-order valence-corrected chi connectivity index (χ3v) is 1.65. The van der Waals surface area contributed by atoms with Crippen molar-refractivity contribution in [2.75, 3.05) is 6.54 Å². The fourth-order valence-corrected chi connectivity index (χ4v) is 0.796. The van der Waals surface area contributed by atoms with Gasteiger partial charge in [0.15, 0.2) is 17.8 Å². The van der Waals surface area contributed by atoms with E-state index >= 15 is 0 Å². The predicted octanol–water partition coefficient (Wildman–Crippen LogP) is -1.98. The lowest BCUT2D eigenvalue weighted by Gasteiger charge is -2.16. The first-order valence-corrected chi connectivity index (χ1v) is 3.96. The summed E-state index contributed by atoms with van der Waals surface area (Å²) in [6, 6.07) is 0. The quantitative estimate of drug-likeness (QED) is 0.129. The lowest BCUT2D eigenvalue weighted by atomic mass is 9.97. The van der Waals surface area contributed by atoms with E-state index in [4.69, 9.17) is 22.3 Å². The van der Waals surface area contributed by atoms with Gasteiger partial charge in [0.25, 0.3) is 0 Å². The molecule has 0 aliphatic heterocycles. The summed E-state index contributed by atoms with van der Waals surface area (Å²) in [6.07, 6.45) is 0.549. The minimum absolute atomic E-state index is 0.00259. The zero-order valence-electron chi connectivity index (χ0n) is 7.64. The highest BCUT2D eigenvalue weighted by Gasteiger charge is 2.32. The van der Waals surface area contributed by atoms with E-state index in [1.165, 1.54) is 0 Å². The van der Waals surface area contributed by atoms with Gasteiger partial charge in [0.2, 0.25) is 0 Å². The first-order chi connectivity index (χ1) is 6.42. The lowest BCUT2D eigenvalue weighted by molar-refractivity contribution is -0.145. The Balaban J connectivity index is 4.04. The smallest absolute Gasteiger partial charge is 0.331 e. The summed E-state index contributed by atoms with van der Waals surface area (Å²) in [7, 11) is 0. The van der Waals surface area contributed by atoms with Crippen LogP contribution in [0.15, 0.2) is 4.99 Å². The normalized spacial score (nSPS) is 14.1. The summed E-state index contributed by atoms with van der Waals surface area (Å²) >= 11 is 0. The van der Waals surface area contributed by atoms with Gasteiger partial charge in [0, 0.05) is 6.54 Å². The number of nitrogens with two attached hydrogens (primary N) is 3. The number of hydrogen-bond acceptors (Lipinski definition) is 4. The Kier molecular flexibility index (Phi) is 4.57. The van der Waals surface area contributed by atoms with Crippen LogP contribution in [0, 0.1) is 0 Å². The maximum Gasteiger partial charge on any atom is 0.331 e. The molecule has 1 atom stereocenters. The molecule has 0 bridgehead atoms. The van der Waals surface area contributed by atoms with Crippen LogP contribution in [0.1, 0.15) is 12.8 Å². The van der Waals surface area contributed by atoms with Crippen molar-refractivity contribution in [2.24, 2.45) is 22.2 Å². The van der Waals surface area contributed by atoms with Gasteiger partial charge in [-0.1, -0.05) is 0 Å². The van der Waals surface area contributed by atoms with Gasteiger partial charge >= 0.3 is 5.97 Å². The topological polar surface area (TPSA) is 145 Å². The number of aliphatic imine (C=N–C) groups is 1. The molecule has 0 unspecified atom stereocenters. The Hall–Kier alpha value is -1.63. The van der Waals surface area contributed by atoms with Crippen LogP contribution in [0.5, 0.6) is 0 Å². The van der Waals surface area contributed by atoms with Crippen LogP contribution < -0.4 is 17.2 Å². The molecule has 0 spiro atoms. The third kappa shape index (κ3) is 3.85. The molecule has 0 rings (SSSR count). The number of carbonyl (C=O) groups excluding carboxylic acids is 1.